The van der Waals surface area contributed by atoms with E-state index in [0.717, 1.165) is 22.6 Å². The molecule has 0 heterocycles. The summed E-state index contributed by atoms with van der Waals surface area (Å²) in [5.41, 5.74) is 8.62. The number of anilines is 1. The molecule has 0 saturated carbocycles. The third kappa shape index (κ3) is 5.41. The second-order valence-corrected chi connectivity index (χ2v) is 6.06. The molecule has 5 nitrogen and oxygen atoms in total. The van der Waals surface area contributed by atoms with Gasteiger partial charge < -0.3 is 20.5 Å². The van der Waals surface area contributed by atoms with Gasteiger partial charge in [-0.15, -0.1) is 0 Å². The van der Waals surface area contributed by atoms with Crippen LogP contribution < -0.4 is 20.5 Å². The first-order valence-corrected chi connectivity index (χ1v) is 9.07. The molecule has 3 N–H and O–H groups in total. The van der Waals surface area contributed by atoms with Crippen LogP contribution in [-0.4, -0.2) is 19.1 Å². The number of carbonyl (C=O) groups excluding carboxylic acids is 1. The Hall–Kier alpha value is -2.69. The third-order valence-corrected chi connectivity index (χ3v) is 4.12. The van der Waals surface area contributed by atoms with Gasteiger partial charge in [0.1, 0.15) is 0 Å². The molecule has 0 aliphatic carbocycles. The van der Waals surface area contributed by atoms with Crippen molar-refractivity contribution in [3.63, 3.8) is 0 Å². The fraction of sp³-hybridized carbons (Fsp3) is 0.381. The highest BCUT2D eigenvalue weighted by Gasteiger charge is 2.13. The first-order chi connectivity index (χ1) is 12.5. The summed E-state index contributed by atoms with van der Waals surface area (Å²) in [4.78, 5) is 12.3. The minimum Gasteiger partial charge on any atom is -0.490 e. The zero-order valence-electron chi connectivity index (χ0n) is 15.7. The van der Waals surface area contributed by atoms with Gasteiger partial charge in [-0.2, -0.15) is 0 Å². The number of nitrogens with one attached hydrogen (secondary N) is 1. The van der Waals surface area contributed by atoms with Gasteiger partial charge in [-0.3, -0.25) is 4.79 Å². The molecule has 0 spiro atoms. The highest BCUT2D eigenvalue weighted by atomic mass is 16.5. The molecule has 1 atom stereocenters. The van der Waals surface area contributed by atoms with Gasteiger partial charge in [-0.05, 0) is 56.5 Å². The third-order valence-electron chi connectivity index (χ3n) is 4.12. The first kappa shape index (κ1) is 19.6. The summed E-state index contributed by atoms with van der Waals surface area (Å²) < 4.78 is 11.2. The summed E-state index contributed by atoms with van der Waals surface area (Å²) >= 11 is 0. The predicted molar refractivity (Wildman–Crippen MR) is 105 cm³/mol. The molecule has 0 aliphatic heterocycles. The lowest BCUT2D eigenvalue weighted by Crippen LogP contribution is -2.26. The van der Waals surface area contributed by atoms with Crippen molar-refractivity contribution in [1.82, 2.24) is 5.32 Å². The van der Waals surface area contributed by atoms with Crippen molar-refractivity contribution < 1.29 is 14.3 Å². The topological polar surface area (TPSA) is 73.6 Å². The summed E-state index contributed by atoms with van der Waals surface area (Å²) in [6.45, 7) is 6.96. The Kier molecular flexibility index (Phi) is 7.33. The Morgan fingerprint density at radius 1 is 1.08 bits per heavy atom. The minimum absolute atomic E-state index is 0.00685. The Bertz CT molecular complexity index is 731. The van der Waals surface area contributed by atoms with Crippen LogP contribution in [0.5, 0.6) is 11.5 Å². The number of hydrogen-bond donors (Lipinski definition) is 2. The molecular weight excluding hydrogens is 328 g/mol. The van der Waals surface area contributed by atoms with Crippen molar-refractivity contribution in [1.29, 1.82) is 0 Å². The molecule has 140 valence electrons. The van der Waals surface area contributed by atoms with Crippen LogP contribution in [0.15, 0.2) is 42.5 Å². The maximum absolute atomic E-state index is 12.3. The summed E-state index contributed by atoms with van der Waals surface area (Å²) in [6, 6.07) is 13.3. The standard InChI is InChI=1S/C21H28N2O3/c1-4-25-19-12-10-17(14-20(19)26-5-2)15(3)23-21(24)13-11-16-8-6-7-9-18(16)22/h6-10,12,14-15H,4-5,11,13,22H2,1-3H3,(H,23,24). The summed E-state index contributed by atoms with van der Waals surface area (Å²) in [6.07, 6.45) is 1.02. The summed E-state index contributed by atoms with van der Waals surface area (Å²) in [5, 5.41) is 3.03. The molecule has 2 aromatic carbocycles. The number of carbonyl (C=O) groups is 1. The van der Waals surface area contributed by atoms with E-state index >= 15 is 0 Å². The molecule has 5 heteroatoms. The van der Waals surface area contributed by atoms with Crippen molar-refractivity contribution in [2.75, 3.05) is 18.9 Å². The average Bonchev–Trinajstić information content (AvgIpc) is 2.63. The van der Waals surface area contributed by atoms with Gasteiger partial charge in [0.25, 0.3) is 0 Å². The lowest BCUT2D eigenvalue weighted by Gasteiger charge is -2.17. The Labute approximate surface area is 155 Å². The average molecular weight is 356 g/mol. The van der Waals surface area contributed by atoms with E-state index in [1.165, 1.54) is 0 Å². The molecule has 1 amide bonds. The Morgan fingerprint density at radius 2 is 1.77 bits per heavy atom. The number of aryl methyl sites for hydroxylation is 1. The molecule has 26 heavy (non-hydrogen) atoms. The van der Waals surface area contributed by atoms with Crippen molar-refractivity contribution in [2.45, 2.75) is 39.7 Å². The summed E-state index contributed by atoms with van der Waals surface area (Å²) in [5.74, 6) is 1.41. The zero-order valence-corrected chi connectivity index (χ0v) is 15.7. The van der Waals surface area contributed by atoms with Crippen molar-refractivity contribution in [3.8, 4) is 11.5 Å². The summed E-state index contributed by atoms with van der Waals surface area (Å²) in [7, 11) is 0. The van der Waals surface area contributed by atoms with E-state index in [4.69, 9.17) is 15.2 Å². The fourth-order valence-electron chi connectivity index (χ4n) is 2.74. The van der Waals surface area contributed by atoms with Crippen LogP contribution in [0, 0.1) is 0 Å². The number of rotatable bonds is 9. The van der Waals surface area contributed by atoms with Gasteiger partial charge in [0, 0.05) is 12.1 Å². The van der Waals surface area contributed by atoms with Gasteiger partial charge in [-0.1, -0.05) is 24.3 Å². The van der Waals surface area contributed by atoms with Crippen LogP contribution >= 0.6 is 0 Å². The number of nitrogen functional groups attached to an aromatic ring is 1. The largest absolute Gasteiger partial charge is 0.490 e. The van der Waals surface area contributed by atoms with Gasteiger partial charge >= 0.3 is 0 Å². The maximum atomic E-state index is 12.3. The first-order valence-electron chi connectivity index (χ1n) is 9.07. The van der Waals surface area contributed by atoms with E-state index in [9.17, 15) is 4.79 Å². The normalized spacial score (nSPS) is 11.7. The number of benzene rings is 2. The molecule has 2 rings (SSSR count). The number of nitrogens with two attached hydrogens (primary N) is 1. The van der Waals surface area contributed by atoms with Crippen molar-refractivity contribution >= 4 is 11.6 Å². The second kappa shape index (κ2) is 9.70. The lowest BCUT2D eigenvalue weighted by molar-refractivity contribution is -0.121. The number of hydrogen-bond acceptors (Lipinski definition) is 4. The number of para-hydroxylation sites is 1. The van der Waals surface area contributed by atoms with E-state index in [-0.39, 0.29) is 11.9 Å². The van der Waals surface area contributed by atoms with Gasteiger partial charge in [0.2, 0.25) is 5.91 Å². The molecule has 2 aromatic rings. The predicted octanol–water partition coefficient (Wildman–Crippen LogP) is 3.88. The van der Waals surface area contributed by atoms with E-state index in [2.05, 4.69) is 5.32 Å². The van der Waals surface area contributed by atoms with E-state index in [1.807, 2.05) is 63.2 Å². The van der Waals surface area contributed by atoms with Crippen molar-refractivity contribution in [2.24, 2.45) is 0 Å². The smallest absolute Gasteiger partial charge is 0.220 e. The van der Waals surface area contributed by atoms with Crippen molar-refractivity contribution in [3.05, 3.63) is 53.6 Å². The van der Waals surface area contributed by atoms with Crippen LogP contribution in [0.2, 0.25) is 0 Å². The Morgan fingerprint density at radius 3 is 2.46 bits per heavy atom. The monoisotopic (exact) mass is 356 g/mol. The van der Waals surface area contributed by atoms with Crippen LogP contribution in [0.4, 0.5) is 5.69 Å². The van der Waals surface area contributed by atoms with Crippen LogP contribution in [0.1, 0.15) is 44.4 Å². The Balaban J connectivity index is 1.97. The van der Waals surface area contributed by atoms with Gasteiger partial charge in [0.15, 0.2) is 11.5 Å². The van der Waals surface area contributed by atoms with Crippen LogP contribution in [0.3, 0.4) is 0 Å². The second-order valence-electron chi connectivity index (χ2n) is 6.06. The van der Waals surface area contributed by atoms with Gasteiger partial charge in [0.05, 0.1) is 19.3 Å². The highest BCUT2D eigenvalue weighted by molar-refractivity contribution is 5.77. The molecule has 0 aromatic heterocycles. The van der Waals surface area contributed by atoms with E-state index in [0.29, 0.717) is 31.8 Å². The lowest BCUT2D eigenvalue weighted by atomic mass is 10.1. The number of amides is 1. The molecular formula is C21H28N2O3. The minimum atomic E-state index is -0.120. The molecule has 0 radical (unpaired) electrons. The maximum Gasteiger partial charge on any atom is 0.220 e. The molecule has 0 saturated heterocycles. The fourth-order valence-corrected chi connectivity index (χ4v) is 2.74. The van der Waals surface area contributed by atoms with E-state index in [1.54, 1.807) is 0 Å². The van der Waals surface area contributed by atoms with Crippen LogP contribution in [-0.2, 0) is 11.2 Å². The molecule has 0 fully saturated rings. The van der Waals surface area contributed by atoms with E-state index < -0.39 is 0 Å². The molecule has 0 bridgehead atoms. The molecule has 0 aliphatic rings. The van der Waals surface area contributed by atoms with Gasteiger partial charge in [-0.25, -0.2) is 0 Å². The SMILES string of the molecule is CCOc1ccc(C(C)NC(=O)CCc2ccccc2N)cc1OCC. The zero-order chi connectivity index (χ0) is 18.9. The highest BCUT2D eigenvalue weighted by Crippen LogP contribution is 2.30. The quantitative estimate of drug-likeness (QED) is 0.669. The van der Waals surface area contributed by atoms with Crippen LogP contribution in [0.25, 0.3) is 0 Å². The molecule has 1 unspecified atom stereocenters. The number of ether oxygens (including phenoxy) is 2.